The molecule has 6 nitrogen and oxygen atoms in total. The molecule has 0 spiro atoms. The summed E-state index contributed by atoms with van der Waals surface area (Å²) in [6.45, 7) is 0. The number of fused-ring (bicyclic) bond motifs is 1. The molecule has 0 aliphatic carbocycles. The van der Waals surface area contributed by atoms with E-state index in [4.69, 9.17) is 12.2 Å². The number of aromatic nitrogens is 5. The van der Waals surface area contributed by atoms with Crippen LogP contribution in [0.1, 0.15) is 5.69 Å². The standard InChI is InChI=1S/C11H10N6S/c1-17-5-3-8(16-17)10(18)15-11-13-7-2-4-12-6-9(7)14-11/h2-6H,1H3,(H2,13,14,15,18). The molecule has 0 bridgehead atoms. The third kappa shape index (κ3) is 1.95. The molecule has 0 aromatic carbocycles. The van der Waals surface area contributed by atoms with Gasteiger partial charge in [0.05, 0.1) is 17.2 Å². The number of nitrogens with zero attached hydrogens (tertiary/aromatic N) is 4. The first-order valence-corrected chi connectivity index (χ1v) is 5.74. The van der Waals surface area contributed by atoms with Gasteiger partial charge in [0, 0.05) is 19.4 Å². The number of pyridine rings is 1. The summed E-state index contributed by atoms with van der Waals surface area (Å²) in [6, 6.07) is 3.68. The first kappa shape index (κ1) is 10.8. The number of rotatable bonds is 2. The van der Waals surface area contributed by atoms with Gasteiger partial charge in [0.1, 0.15) is 10.7 Å². The molecule has 3 rings (SSSR count). The van der Waals surface area contributed by atoms with Crippen molar-refractivity contribution in [2.45, 2.75) is 0 Å². The van der Waals surface area contributed by atoms with Gasteiger partial charge in [-0.3, -0.25) is 9.67 Å². The van der Waals surface area contributed by atoms with Crippen molar-refractivity contribution in [3.63, 3.8) is 0 Å². The fraction of sp³-hybridized carbons (Fsp3) is 0.0909. The number of nitrogens with one attached hydrogen (secondary N) is 2. The molecule has 0 amide bonds. The van der Waals surface area contributed by atoms with E-state index in [2.05, 4.69) is 25.4 Å². The molecule has 3 aromatic heterocycles. The van der Waals surface area contributed by atoms with Gasteiger partial charge in [-0.15, -0.1) is 0 Å². The molecule has 0 radical (unpaired) electrons. The lowest BCUT2D eigenvalue weighted by Crippen LogP contribution is -2.12. The molecule has 0 aliphatic rings. The van der Waals surface area contributed by atoms with Gasteiger partial charge in [-0.1, -0.05) is 12.2 Å². The largest absolute Gasteiger partial charge is 0.323 e. The molecule has 18 heavy (non-hydrogen) atoms. The number of hydrogen-bond donors (Lipinski definition) is 2. The Labute approximate surface area is 108 Å². The molecule has 0 saturated heterocycles. The van der Waals surface area contributed by atoms with E-state index in [0.717, 1.165) is 11.0 Å². The highest BCUT2D eigenvalue weighted by Gasteiger charge is 2.07. The molecule has 2 N–H and O–H groups in total. The second-order valence-electron chi connectivity index (χ2n) is 3.81. The first-order valence-electron chi connectivity index (χ1n) is 5.33. The maximum Gasteiger partial charge on any atom is 0.206 e. The third-order valence-electron chi connectivity index (χ3n) is 2.46. The van der Waals surface area contributed by atoms with Crippen molar-refractivity contribution >= 4 is 34.2 Å². The van der Waals surface area contributed by atoms with E-state index < -0.39 is 0 Å². The van der Waals surface area contributed by atoms with Crippen LogP contribution in [-0.2, 0) is 7.05 Å². The minimum Gasteiger partial charge on any atom is -0.323 e. The summed E-state index contributed by atoms with van der Waals surface area (Å²) in [5.74, 6) is 0.591. The fourth-order valence-corrected chi connectivity index (χ4v) is 1.83. The maximum atomic E-state index is 5.26. The summed E-state index contributed by atoms with van der Waals surface area (Å²) in [6.07, 6.45) is 5.26. The second kappa shape index (κ2) is 4.19. The monoisotopic (exact) mass is 258 g/mol. The van der Waals surface area contributed by atoms with Crippen LogP contribution in [0.4, 0.5) is 5.95 Å². The van der Waals surface area contributed by atoms with Gasteiger partial charge < -0.3 is 10.3 Å². The third-order valence-corrected chi connectivity index (χ3v) is 2.77. The zero-order valence-electron chi connectivity index (χ0n) is 9.58. The number of hydrogen-bond acceptors (Lipinski definition) is 4. The van der Waals surface area contributed by atoms with Crippen LogP contribution in [0.3, 0.4) is 0 Å². The SMILES string of the molecule is Cn1ccc(C(=S)Nc2nc3ccncc3[nH]2)n1. The fourth-order valence-electron chi connectivity index (χ4n) is 1.62. The van der Waals surface area contributed by atoms with Crippen molar-refractivity contribution in [3.05, 3.63) is 36.4 Å². The number of aryl methyl sites for hydroxylation is 1. The predicted octanol–water partition coefficient (Wildman–Crippen LogP) is 1.48. The highest BCUT2D eigenvalue weighted by Crippen LogP contribution is 2.12. The molecule has 7 heteroatoms. The smallest absolute Gasteiger partial charge is 0.206 e. The van der Waals surface area contributed by atoms with Crippen LogP contribution in [0.5, 0.6) is 0 Å². The first-order chi connectivity index (χ1) is 8.72. The molecule has 0 fully saturated rings. The number of H-pyrrole nitrogens is 1. The van der Waals surface area contributed by atoms with E-state index in [0.29, 0.717) is 16.6 Å². The second-order valence-corrected chi connectivity index (χ2v) is 4.22. The minimum absolute atomic E-state index is 0.530. The molecule has 0 atom stereocenters. The van der Waals surface area contributed by atoms with Crippen molar-refractivity contribution in [2.24, 2.45) is 7.05 Å². The molecule has 0 unspecified atom stereocenters. The highest BCUT2D eigenvalue weighted by molar-refractivity contribution is 7.81. The van der Waals surface area contributed by atoms with Crippen LogP contribution >= 0.6 is 12.2 Å². The van der Waals surface area contributed by atoms with Gasteiger partial charge in [-0.2, -0.15) is 5.10 Å². The maximum absolute atomic E-state index is 5.26. The van der Waals surface area contributed by atoms with Crippen molar-refractivity contribution in [1.82, 2.24) is 24.7 Å². The van der Waals surface area contributed by atoms with Crippen LogP contribution < -0.4 is 5.32 Å². The zero-order chi connectivity index (χ0) is 12.5. The quantitative estimate of drug-likeness (QED) is 0.681. The van der Waals surface area contributed by atoms with Crippen molar-refractivity contribution in [3.8, 4) is 0 Å². The van der Waals surface area contributed by atoms with E-state index in [9.17, 15) is 0 Å². The van der Waals surface area contributed by atoms with Gasteiger partial charge in [-0.25, -0.2) is 4.98 Å². The zero-order valence-corrected chi connectivity index (χ0v) is 10.4. The Morgan fingerprint density at radius 2 is 2.33 bits per heavy atom. The normalized spacial score (nSPS) is 10.7. The average molecular weight is 258 g/mol. The van der Waals surface area contributed by atoms with Gasteiger partial charge in [0.25, 0.3) is 0 Å². The van der Waals surface area contributed by atoms with E-state index in [-0.39, 0.29) is 0 Å². The van der Waals surface area contributed by atoms with Crippen molar-refractivity contribution in [2.75, 3.05) is 5.32 Å². The molecule has 0 aliphatic heterocycles. The Bertz CT molecular complexity index is 680. The number of aromatic amines is 1. The van der Waals surface area contributed by atoms with Crippen molar-refractivity contribution < 1.29 is 0 Å². The van der Waals surface area contributed by atoms with Gasteiger partial charge >= 0.3 is 0 Å². The Hall–Kier alpha value is -2.28. The lowest BCUT2D eigenvalue weighted by atomic mass is 10.4. The number of anilines is 1. The molecular weight excluding hydrogens is 248 g/mol. The summed E-state index contributed by atoms with van der Waals surface area (Å²) >= 11 is 5.26. The summed E-state index contributed by atoms with van der Waals surface area (Å²) in [5, 5.41) is 7.24. The Balaban J connectivity index is 1.86. The van der Waals surface area contributed by atoms with E-state index in [1.165, 1.54) is 0 Å². The lowest BCUT2D eigenvalue weighted by molar-refractivity contribution is 0.765. The molecular formula is C11H10N6S. The van der Waals surface area contributed by atoms with Crippen molar-refractivity contribution in [1.29, 1.82) is 0 Å². The summed E-state index contributed by atoms with van der Waals surface area (Å²) in [5.41, 5.74) is 2.42. The van der Waals surface area contributed by atoms with Crippen LogP contribution in [0.2, 0.25) is 0 Å². The summed E-state index contributed by atoms with van der Waals surface area (Å²) in [7, 11) is 1.85. The molecule has 90 valence electrons. The molecule has 3 heterocycles. The summed E-state index contributed by atoms with van der Waals surface area (Å²) < 4.78 is 1.70. The van der Waals surface area contributed by atoms with Gasteiger partial charge in [0.15, 0.2) is 0 Å². The predicted molar refractivity (Wildman–Crippen MR) is 72.4 cm³/mol. The molecule has 3 aromatic rings. The van der Waals surface area contributed by atoms with E-state index >= 15 is 0 Å². The van der Waals surface area contributed by atoms with Gasteiger partial charge in [-0.05, 0) is 12.1 Å². The minimum atomic E-state index is 0.530. The van der Waals surface area contributed by atoms with Crippen LogP contribution in [-0.4, -0.2) is 29.7 Å². The Morgan fingerprint density at radius 1 is 1.44 bits per heavy atom. The van der Waals surface area contributed by atoms with E-state index in [1.54, 1.807) is 17.1 Å². The highest BCUT2D eigenvalue weighted by atomic mass is 32.1. The number of imidazole rings is 1. The average Bonchev–Trinajstić information content (AvgIpc) is 2.94. The van der Waals surface area contributed by atoms with E-state index in [1.807, 2.05) is 25.4 Å². The number of thiocarbonyl (C=S) groups is 1. The Kier molecular flexibility index (Phi) is 2.52. The molecule has 0 saturated carbocycles. The van der Waals surface area contributed by atoms with Crippen LogP contribution in [0.15, 0.2) is 30.7 Å². The van der Waals surface area contributed by atoms with Crippen LogP contribution in [0, 0.1) is 0 Å². The topological polar surface area (TPSA) is 71.4 Å². The lowest BCUT2D eigenvalue weighted by Gasteiger charge is -2.00. The Morgan fingerprint density at radius 3 is 3.06 bits per heavy atom. The van der Waals surface area contributed by atoms with Gasteiger partial charge in [0.2, 0.25) is 5.95 Å². The summed E-state index contributed by atoms with van der Waals surface area (Å²) in [4.78, 5) is 12.0. The van der Waals surface area contributed by atoms with Crippen LogP contribution in [0.25, 0.3) is 11.0 Å².